The van der Waals surface area contributed by atoms with E-state index in [1.807, 2.05) is 25.6 Å². The molecule has 0 radical (unpaired) electrons. The molecule has 1 aromatic heterocycles. The fraction of sp³-hybridized carbons (Fsp3) is 0.667. The zero-order valence-corrected chi connectivity index (χ0v) is 12.0. The van der Waals surface area contributed by atoms with Crippen LogP contribution in [-0.4, -0.2) is 27.5 Å². The van der Waals surface area contributed by atoms with E-state index < -0.39 is 0 Å². The highest BCUT2D eigenvalue weighted by atomic mass is 35.5. The van der Waals surface area contributed by atoms with Crippen LogP contribution in [-0.2, 0) is 0 Å². The van der Waals surface area contributed by atoms with Crippen LogP contribution in [0.3, 0.4) is 0 Å². The standard InChI is InChI=1S/C12H18ClN3S/c1-7-8(2)15-12(11(13)14-7)16-9-5-4-6-10(9)17-3/h9-10H,4-6H2,1-3H3,(H,15,16). The minimum Gasteiger partial charge on any atom is -0.364 e. The second-order valence-electron chi connectivity index (χ2n) is 4.49. The summed E-state index contributed by atoms with van der Waals surface area (Å²) in [5.74, 6) is 0.737. The number of anilines is 1. The van der Waals surface area contributed by atoms with Crippen molar-refractivity contribution in [2.45, 2.75) is 44.4 Å². The number of hydrogen-bond donors (Lipinski definition) is 1. The summed E-state index contributed by atoms with van der Waals surface area (Å²) >= 11 is 8.05. The van der Waals surface area contributed by atoms with Gasteiger partial charge in [0.05, 0.1) is 11.4 Å². The van der Waals surface area contributed by atoms with Crippen molar-refractivity contribution in [3.05, 3.63) is 16.5 Å². The summed E-state index contributed by atoms with van der Waals surface area (Å²) in [4.78, 5) is 8.79. The van der Waals surface area contributed by atoms with Gasteiger partial charge in [-0.3, -0.25) is 0 Å². The van der Waals surface area contributed by atoms with E-state index in [0.29, 0.717) is 16.4 Å². The molecule has 1 aliphatic rings. The van der Waals surface area contributed by atoms with Crippen molar-refractivity contribution in [3.63, 3.8) is 0 Å². The number of nitrogens with zero attached hydrogens (tertiary/aromatic N) is 2. The van der Waals surface area contributed by atoms with Gasteiger partial charge < -0.3 is 5.32 Å². The highest BCUT2D eigenvalue weighted by Gasteiger charge is 2.27. The van der Waals surface area contributed by atoms with Gasteiger partial charge in [-0.1, -0.05) is 18.0 Å². The zero-order chi connectivity index (χ0) is 12.4. The van der Waals surface area contributed by atoms with Crippen molar-refractivity contribution in [3.8, 4) is 0 Å². The Balaban J connectivity index is 2.15. The minimum absolute atomic E-state index is 0.471. The first kappa shape index (κ1) is 13.0. The summed E-state index contributed by atoms with van der Waals surface area (Å²) in [7, 11) is 0. The van der Waals surface area contributed by atoms with Crippen LogP contribution in [0.1, 0.15) is 30.7 Å². The second kappa shape index (κ2) is 5.44. The molecule has 1 saturated carbocycles. The molecule has 1 aromatic rings. The van der Waals surface area contributed by atoms with E-state index in [-0.39, 0.29) is 0 Å². The molecule has 2 atom stereocenters. The first-order chi connectivity index (χ1) is 8.11. The lowest BCUT2D eigenvalue weighted by molar-refractivity contribution is 0.760. The van der Waals surface area contributed by atoms with Crippen molar-refractivity contribution >= 4 is 29.2 Å². The summed E-state index contributed by atoms with van der Waals surface area (Å²) in [6.07, 6.45) is 5.91. The third-order valence-electron chi connectivity index (χ3n) is 3.34. The average Bonchev–Trinajstić information content (AvgIpc) is 2.73. The molecule has 0 spiro atoms. The molecule has 0 bridgehead atoms. The van der Waals surface area contributed by atoms with Crippen LogP contribution in [0.25, 0.3) is 0 Å². The summed E-state index contributed by atoms with van der Waals surface area (Å²) in [5, 5.41) is 4.60. The predicted octanol–water partition coefficient (Wildman–Crippen LogP) is 3.44. The van der Waals surface area contributed by atoms with Gasteiger partial charge in [0.2, 0.25) is 0 Å². The van der Waals surface area contributed by atoms with E-state index in [1.54, 1.807) is 0 Å². The highest BCUT2D eigenvalue weighted by molar-refractivity contribution is 7.99. The first-order valence-electron chi connectivity index (χ1n) is 5.92. The molecule has 94 valence electrons. The third-order valence-corrected chi connectivity index (χ3v) is 4.78. The highest BCUT2D eigenvalue weighted by Crippen LogP contribution is 2.31. The maximum absolute atomic E-state index is 6.13. The number of nitrogens with one attached hydrogen (secondary N) is 1. The summed E-state index contributed by atoms with van der Waals surface area (Å²) in [5.41, 5.74) is 1.84. The molecule has 1 aliphatic carbocycles. The molecule has 5 heteroatoms. The fourth-order valence-electron chi connectivity index (χ4n) is 2.22. The molecule has 0 saturated heterocycles. The molecule has 17 heavy (non-hydrogen) atoms. The van der Waals surface area contributed by atoms with Crippen LogP contribution in [0.2, 0.25) is 5.15 Å². The van der Waals surface area contributed by atoms with Crippen molar-refractivity contribution in [1.82, 2.24) is 9.97 Å². The van der Waals surface area contributed by atoms with Crippen LogP contribution in [0.15, 0.2) is 0 Å². The maximum Gasteiger partial charge on any atom is 0.171 e. The summed E-state index contributed by atoms with van der Waals surface area (Å²) < 4.78 is 0. The topological polar surface area (TPSA) is 37.8 Å². The Hall–Kier alpha value is -0.480. The van der Waals surface area contributed by atoms with Gasteiger partial charge in [-0.25, -0.2) is 9.97 Å². The lowest BCUT2D eigenvalue weighted by Crippen LogP contribution is -2.26. The van der Waals surface area contributed by atoms with Crippen molar-refractivity contribution in [2.24, 2.45) is 0 Å². The molecule has 0 aliphatic heterocycles. The molecular weight excluding hydrogens is 254 g/mol. The fourth-order valence-corrected chi connectivity index (χ4v) is 3.38. The Morgan fingerprint density at radius 1 is 1.24 bits per heavy atom. The monoisotopic (exact) mass is 271 g/mol. The zero-order valence-electron chi connectivity index (χ0n) is 10.5. The van der Waals surface area contributed by atoms with Gasteiger partial charge >= 0.3 is 0 Å². The average molecular weight is 272 g/mol. The molecular formula is C12H18ClN3S. The Morgan fingerprint density at radius 3 is 2.65 bits per heavy atom. The Morgan fingerprint density at radius 2 is 1.94 bits per heavy atom. The SMILES string of the molecule is CSC1CCCC1Nc1nc(C)c(C)nc1Cl. The number of thioether (sulfide) groups is 1. The molecule has 1 fully saturated rings. The van der Waals surface area contributed by atoms with Crippen LogP contribution in [0.5, 0.6) is 0 Å². The van der Waals surface area contributed by atoms with E-state index in [2.05, 4.69) is 21.5 Å². The predicted molar refractivity (Wildman–Crippen MR) is 75.1 cm³/mol. The Labute approximate surface area is 112 Å². The van der Waals surface area contributed by atoms with E-state index in [1.165, 1.54) is 19.3 Å². The maximum atomic E-state index is 6.13. The van der Waals surface area contributed by atoms with Gasteiger partial charge in [0.15, 0.2) is 11.0 Å². The molecule has 3 nitrogen and oxygen atoms in total. The lowest BCUT2D eigenvalue weighted by Gasteiger charge is -2.20. The quantitative estimate of drug-likeness (QED) is 0.914. The summed E-state index contributed by atoms with van der Waals surface area (Å²) in [6, 6.07) is 0.471. The van der Waals surface area contributed by atoms with Crippen molar-refractivity contribution in [2.75, 3.05) is 11.6 Å². The smallest absolute Gasteiger partial charge is 0.171 e. The number of hydrogen-bond acceptors (Lipinski definition) is 4. The van der Waals surface area contributed by atoms with Crippen LogP contribution >= 0.6 is 23.4 Å². The normalized spacial score (nSPS) is 24.0. The number of halogens is 1. The second-order valence-corrected chi connectivity index (χ2v) is 5.92. The first-order valence-corrected chi connectivity index (χ1v) is 7.58. The third kappa shape index (κ3) is 2.86. The summed E-state index contributed by atoms with van der Waals surface area (Å²) in [6.45, 7) is 3.89. The van der Waals surface area contributed by atoms with E-state index in [0.717, 1.165) is 17.2 Å². The Bertz CT molecular complexity index is 411. The van der Waals surface area contributed by atoms with Gasteiger partial charge in [-0.15, -0.1) is 0 Å². The van der Waals surface area contributed by atoms with Crippen LogP contribution < -0.4 is 5.32 Å². The van der Waals surface area contributed by atoms with Gasteiger partial charge in [0.25, 0.3) is 0 Å². The van der Waals surface area contributed by atoms with Gasteiger partial charge in [-0.05, 0) is 32.9 Å². The van der Waals surface area contributed by atoms with Crippen LogP contribution in [0, 0.1) is 13.8 Å². The van der Waals surface area contributed by atoms with Gasteiger partial charge in [-0.2, -0.15) is 11.8 Å². The molecule has 0 aromatic carbocycles. The number of aryl methyl sites for hydroxylation is 2. The number of aromatic nitrogens is 2. The van der Waals surface area contributed by atoms with Gasteiger partial charge in [0.1, 0.15) is 0 Å². The van der Waals surface area contributed by atoms with E-state index in [9.17, 15) is 0 Å². The lowest BCUT2D eigenvalue weighted by atomic mass is 10.2. The van der Waals surface area contributed by atoms with Gasteiger partial charge in [0, 0.05) is 11.3 Å². The number of rotatable bonds is 3. The van der Waals surface area contributed by atoms with Crippen molar-refractivity contribution < 1.29 is 0 Å². The van der Waals surface area contributed by atoms with E-state index >= 15 is 0 Å². The largest absolute Gasteiger partial charge is 0.364 e. The molecule has 1 N–H and O–H groups in total. The molecule has 2 unspecified atom stereocenters. The Kier molecular flexibility index (Phi) is 4.15. The van der Waals surface area contributed by atoms with Crippen LogP contribution in [0.4, 0.5) is 5.82 Å². The molecule has 2 rings (SSSR count). The molecule has 0 amide bonds. The van der Waals surface area contributed by atoms with Crippen molar-refractivity contribution in [1.29, 1.82) is 0 Å². The minimum atomic E-state index is 0.471. The van der Waals surface area contributed by atoms with E-state index in [4.69, 9.17) is 11.6 Å². The molecule has 1 heterocycles.